The van der Waals surface area contributed by atoms with Crippen molar-refractivity contribution in [2.75, 3.05) is 44.1 Å². The van der Waals surface area contributed by atoms with Crippen molar-refractivity contribution in [3.05, 3.63) is 6.33 Å². The smallest absolute Gasteiger partial charge is 0.241 e. The summed E-state index contributed by atoms with van der Waals surface area (Å²) in [5.41, 5.74) is 2.46. The number of nitrogens with zero attached hydrogens (tertiary/aromatic N) is 4. The first kappa shape index (κ1) is 13.3. The van der Waals surface area contributed by atoms with Gasteiger partial charge in [0.05, 0.1) is 13.7 Å². The van der Waals surface area contributed by atoms with Gasteiger partial charge in [0.1, 0.15) is 6.33 Å². The van der Waals surface area contributed by atoms with Gasteiger partial charge in [0.2, 0.25) is 11.7 Å². The zero-order chi connectivity index (χ0) is 13.8. The molecule has 2 rings (SSSR count). The molecule has 0 aromatic carbocycles. The van der Waals surface area contributed by atoms with Gasteiger partial charge >= 0.3 is 0 Å². The number of hydrogen-bond acceptors (Lipinski definition) is 7. The van der Waals surface area contributed by atoms with Crippen LogP contribution in [0, 0.1) is 0 Å². The van der Waals surface area contributed by atoms with Gasteiger partial charge in [-0.1, -0.05) is 0 Å². The van der Waals surface area contributed by atoms with Gasteiger partial charge in [-0.25, -0.2) is 15.8 Å². The van der Waals surface area contributed by atoms with Crippen molar-refractivity contribution in [1.82, 2.24) is 14.9 Å². The number of nitrogens with one attached hydrogen (secondary N) is 1. The molecular formula is C11H18N6O2. The van der Waals surface area contributed by atoms with Crippen molar-refractivity contribution in [2.24, 2.45) is 5.84 Å². The van der Waals surface area contributed by atoms with Crippen LogP contribution in [0.4, 0.5) is 11.6 Å². The second kappa shape index (κ2) is 5.70. The summed E-state index contributed by atoms with van der Waals surface area (Å²) in [6.45, 7) is 1.74. The number of nitrogens with two attached hydrogens (primary N) is 1. The summed E-state index contributed by atoms with van der Waals surface area (Å²) in [6, 6.07) is 0. The van der Waals surface area contributed by atoms with E-state index in [4.69, 9.17) is 10.6 Å². The molecule has 0 spiro atoms. The van der Waals surface area contributed by atoms with Crippen molar-refractivity contribution in [1.29, 1.82) is 0 Å². The third-order valence-electron chi connectivity index (χ3n) is 3.10. The van der Waals surface area contributed by atoms with Crippen LogP contribution in [0.5, 0.6) is 5.75 Å². The fraction of sp³-hybridized carbons (Fsp3) is 0.545. The zero-order valence-electron chi connectivity index (χ0n) is 11.1. The van der Waals surface area contributed by atoms with Crippen LogP contribution in [-0.2, 0) is 4.79 Å². The Labute approximate surface area is 111 Å². The number of amides is 1. The quantitative estimate of drug-likeness (QED) is 0.559. The van der Waals surface area contributed by atoms with E-state index in [0.29, 0.717) is 17.4 Å². The maximum absolute atomic E-state index is 11.9. The van der Waals surface area contributed by atoms with E-state index >= 15 is 0 Å². The van der Waals surface area contributed by atoms with Gasteiger partial charge in [-0.2, -0.15) is 0 Å². The molecule has 0 aliphatic carbocycles. The number of methoxy groups -OCH3 is 1. The number of rotatable bonds is 3. The minimum absolute atomic E-state index is 0.0559. The molecule has 0 saturated carbocycles. The molecule has 1 saturated heterocycles. The highest BCUT2D eigenvalue weighted by molar-refractivity contribution is 5.82. The second-order valence-corrected chi connectivity index (χ2v) is 4.31. The third-order valence-corrected chi connectivity index (χ3v) is 3.10. The van der Waals surface area contributed by atoms with Crippen molar-refractivity contribution in [3.63, 3.8) is 0 Å². The number of likely N-dealkylation sites (N-methyl/N-ethyl adjacent to an activating group) is 1. The molecular weight excluding hydrogens is 248 g/mol. The molecule has 1 aliphatic heterocycles. The number of hydrogen-bond donors (Lipinski definition) is 2. The summed E-state index contributed by atoms with van der Waals surface area (Å²) in [4.78, 5) is 23.7. The molecule has 0 unspecified atom stereocenters. The predicted octanol–water partition coefficient (Wildman–Crippen LogP) is -0.561. The molecule has 0 radical (unpaired) electrons. The molecule has 8 nitrogen and oxygen atoms in total. The lowest BCUT2D eigenvalue weighted by Crippen LogP contribution is -2.35. The summed E-state index contributed by atoms with van der Waals surface area (Å²) in [5, 5.41) is 0. The molecule has 2 heterocycles. The lowest BCUT2D eigenvalue weighted by molar-refractivity contribution is -0.127. The average Bonchev–Trinajstić information content (AvgIpc) is 2.60. The number of nitrogen functional groups attached to an aromatic ring is 1. The van der Waals surface area contributed by atoms with E-state index in [1.165, 1.54) is 13.4 Å². The highest BCUT2D eigenvalue weighted by Crippen LogP contribution is 2.31. The molecule has 1 aromatic rings. The fourth-order valence-electron chi connectivity index (χ4n) is 2.05. The van der Waals surface area contributed by atoms with E-state index < -0.39 is 0 Å². The largest absolute Gasteiger partial charge is 0.490 e. The van der Waals surface area contributed by atoms with E-state index in [0.717, 1.165) is 19.5 Å². The van der Waals surface area contributed by atoms with Gasteiger partial charge in [-0.15, -0.1) is 0 Å². The SMILES string of the molecule is COc1c(NN)ncnc1N1CCCN(C)C(=O)C1. The van der Waals surface area contributed by atoms with E-state index in [1.54, 1.807) is 11.9 Å². The fourth-order valence-corrected chi connectivity index (χ4v) is 2.05. The first-order chi connectivity index (χ1) is 9.17. The molecule has 1 aliphatic rings. The lowest BCUT2D eigenvalue weighted by atomic mass is 10.3. The molecule has 1 amide bonds. The Kier molecular flexibility index (Phi) is 4.00. The van der Waals surface area contributed by atoms with Crippen molar-refractivity contribution >= 4 is 17.5 Å². The molecule has 3 N–H and O–H groups in total. The Bertz CT molecular complexity index is 466. The molecule has 8 heteroatoms. The zero-order valence-corrected chi connectivity index (χ0v) is 11.1. The Morgan fingerprint density at radius 1 is 1.42 bits per heavy atom. The van der Waals surface area contributed by atoms with Crippen molar-refractivity contribution in [2.45, 2.75) is 6.42 Å². The topological polar surface area (TPSA) is 96.6 Å². The number of anilines is 2. The summed E-state index contributed by atoms with van der Waals surface area (Å²) in [5.74, 6) is 6.87. The number of aromatic nitrogens is 2. The Balaban J connectivity index is 2.32. The molecule has 104 valence electrons. The monoisotopic (exact) mass is 266 g/mol. The van der Waals surface area contributed by atoms with Crippen LogP contribution in [0.3, 0.4) is 0 Å². The number of carbonyl (C=O) groups is 1. The van der Waals surface area contributed by atoms with Crippen LogP contribution in [0.25, 0.3) is 0 Å². The summed E-state index contributed by atoms with van der Waals surface area (Å²) >= 11 is 0. The maximum atomic E-state index is 11.9. The molecule has 0 atom stereocenters. The van der Waals surface area contributed by atoms with E-state index in [2.05, 4.69) is 15.4 Å². The minimum atomic E-state index is 0.0559. The van der Waals surface area contributed by atoms with Crippen molar-refractivity contribution in [3.8, 4) is 5.75 Å². The minimum Gasteiger partial charge on any atom is -0.490 e. The van der Waals surface area contributed by atoms with Gasteiger partial charge in [0.25, 0.3) is 0 Å². The Morgan fingerprint density at radius 3 is 2.89 bits per heavy atom. The van der Waals surface area contributed by atoms with E-state index in [1.807, 2.05) is 4.90 Å². The van der Waals surface area contributed by atoms with Crippen LogP contribution in [-0.4, -0.2) is 54.6 Å². The van der Waals surface area contributed by atoms with Crippen LogP contribution >= 0.6 is 0 Å². The highest BCUT2D eigenvalue weighted by atomic mass is 16.5. The predicted molar refractivity (Wildman–Crippen MR) is 70.9 cm³/mol. The van der Waals surface area contributed by atoms with Crippen molar-refractivity contribution < 1.29 is 9.53 Å². The highest BCUT2D eigenvalue weighted by Gasteiger charge is 2.24. The first-order valence-electron chi connectivity index (χ1n) is 6.02. The maximum Gasteiger partial charge on any atom is 0.241 e. The molecule has 1 aromatic heterocycles. The van der Waals surface area contributed by atoms with E-state index in [9.17, 15) is 4.79 Å². The van der Waals surface area contributed by atoms with Gasteiger partial charge < -0.3 is 20.0 Å². The summed E-state index contributed by atoms with van der Waals surface area (Å²) in [6.07, 6.45) is 2.27. The Hall–Kier alpha value is -2.09. The number of hydrazine groups is 1. The third kappa shape index (κ3) is 2.68. The Morgan fingerprint density at radius 2 is 2.21 bits per heavy atom. The number of carbonyl (C=O) groups excluding carboxylic acids is 1. The van der Waals surface area contributed by atoms with Crippen LogP contribution in [0.2, 0.25) is 0 Å². The van der Waals surface area contributed by atoms with Gasteiger partial charge in [0, 0.05) is 20.1 Å². The number of ether oxygens (including phenoxy) is 1. The summed E-state index contributed by atoms with van der Waals surface area (Å²) < 4.78 is 5.29. The average molecular weight is 266 g/mol. The van der Waals surface area contributed by atoms with Gasteiger partial charge in [-0.05, 0) is 6.42 Å². The van der Waals surface area contributed by atoms with Gasteiger partial charge in [-0.3, -0.25) is 4.79 Å². The lowest BCUT2D eigenvalue weighted by Gasteiger charge is -2.23. The van der Waals surface area contributed by atoms with Crippen LogP contribution < -0.4 is 20.9 Å². The second-order valence-electron chi connectivity index (χ2n) is 4.31. The van der Waals surface area contributed by atoms with Crippen LogP contribution in [0.15, 0.2) is 6.33 Å². The van der Waals surface area contributed by atoms with Gasteiger partial charge in [0.15, 0.2) is 11.6 Å². The standard InChI is InChI=1S/C11H18N6O2/c1-16-4-3-5-17(6-8(16)18)11-9(19-2)10(15-12)13-7-14-11/h7H,3-6,12H2,1-2H3,(H,13,14,15). The van der Waals surface area contributed by atoms with E-state index in [-0.39, 0.29) is 12.5 Å². The molecule has 0 bridgehead atoms. The first-order valence-corrected chi connectivity index (χ1v) is 6.02. The molecule has 1 fully saturated rings. The molecule has 19 heavy (non-hydrogen) atoms. The normalized spacial score (nSPS) is 16.3. The summed E-state index contributed by atoms with van der Waals surface area (Å²) in [7, 11) is 3.32. The van der Waals surface area contributed by atoms with Crippen LogP contribution in [0.1, 0.15) is 6.42 Å².